The molecule has 1 fully saturated rings. The number of H-pyrrole nitrogens is 1. The molecule has 1 aliphatic heterocycles. The molecule has 0 aliphatic carbocycles. The maximum atomic E-state index is 13.2. The van der Waals surface area contributed by atoms with Crippen LogP contribution < -0.4 is 5.56 Å². The number of benzene rings is 2. The summed E-state index contributed by atoms with van der Waals surface area (Å²) in [5.74, 6) is -0.208. The summed E-state index contributed by atoms with van der Waals surface area (Å²) in [6, 6.07) is 14.8. The van der Waals surface area contributed by atoms with E-state index in [0.717, 1.165) is 10.0 Å². The van der Waals surface area contributed by atoms with Crippen molar-refractivity contribution in [3.05, 3.63) is 74.6 Å². The number of carbonyl (C=O) groups excluding carboxylic acids is 1. The van der Waals surface area contributed by atoms with Gasteiger partial charge in [0.15, 0.2) is 5.69 Å². The van der Waals surface area contributed by atoms with Gasteiger partial charge in [0.25, 0.3) is 11.5 Å². The van der Waals surface area contributed by atoms with E-state index in [1.54, 1.807) is 29.2 Å². The summed E-state index contributed by atoms with van der Waals surface area (Å²) in [6.45, 7) is 2.89. The Hall–Kier alpha value is -2.51. The first-order chi connectivity index (χ1) is 13.1. The number of rotatable bonds is 2. The van der Waals surface area contributed by atoms with Gasteiger partial charge in [-0.15, -0.1) is 0 Å². The van der Waals surface area contributed by atoms with E-state index in [-0.39, 0.29) is 29.3 Å². The Labute approximate surface area is 164 Å². The first-order valence-electron chi connectivity index (χ1n) is 8.71. The van der Waals surface area contributed by atoms with Crippen LogP contribution in [0.4, 0.5) is 0 Å². The van der Waals surface area contributed by atoms with Crippen LogP contribution in [-0.4, -0.2) is 40.2 Å². The number of fused-ring (bicyclic) bond motifs is 1. The van der Waals surface area contributed by atoms with Gasteiger partial charge in [-0.2, -0.15) is 5.10 Å². The van der Waals surface area contributed by atoms with Gasteiger partial charge in [-0.3, -0.25) is 9.59 Å². The second-order valence-electron chi connectivity index (χ2n) is 6.53. The van der Waals surface area contributed by atoms with Crippen LogP contribution in [0.2, 0.25) is 0 Å². The highest BCUT2D eigenvalue weighted by Gasteiger charge is 2.34. The van der Waals surface area contributed by atoms with Crippen LogP contribution in [-0.2, 0) is 4.74 Å². The highest BCUT2D eigenvalue weighted by molar-refractivity contribution is 9.10. The van der Waals surface area contributed by atoms with Gasteiger partial charge in [-0.05, 0) is 30.7 Å². The molecule has 0 saturated carbocycles. The molecule has 1 N–H and O–H groups in total. The predicted octanol–water partition coefficient (Wildman–Crippen LogP) is 3.29. The van der Waals surface area contributed by atoms with E-state index in [9.17, 15) is 9.59 Å². The third-order valence-electron chi connectivity index (χ3n) is 4.92. The maximum absolute atomic E-state index is 13.2. The molecule has 2 unspecified atom stereocenters. The highest BCUT2D eigenvalue weighted by atomic mass is 79.9. The zero-order chi connectivity index (χ0) is 19.0. The first-order valence-corrected chi connectivity index (χ1v) is 9.51. The summed E-state index contributed by atoms with van der Waals surface area (Å²) in [5, 5.41) is 7.51. The van der Waals surface area contributed by atoms with Crippen LogP contribution in [0, 0.1) is 0 Å². The molecule has 27 heavy (non-hydrogen) atoms. The Balaban J connectivity index is 1.69. The molecule has 0 spiro atoms. The molecule has 2 atom stereocenters. The Morgan fingerprint density at radius 1 is 1.19 bits per heavy atom. The average molecular weight is 428 g/mol. The lowest BCUT2D eigenvalue weighted by Crippen LogP contribution is -2.49. The number of carbonyl (C=O) groups is 1. The summed E-state index contributed by atoms with van der Waals surface area (Å²) in [4.78, 5) is 27.0. The molecule has 0 radical (unpaired) electrons. The van der Waals surface area contributed by atoms with Crippen molar-refractivity contribution in [2.75, 3.05) is 13.2 Å². The summed E-state index contributed by atoms with van der Waals surface area (Å²) in [6.07, 6.45) is -0.218. The Morgan fingerprint density at radius 2 is 1.89 bits per heavy atom. The number of aromatic amines is 1. The number of hydrogen-bond acceptors (Lipinski definition) is 4. The molecule has 3 aromatic rings. The van der Waals surface area contributed by atoms with Gasteiger partial charge in [0.2, 0.25) is 0 Å². The van der Waals surface area contributed by atoms with Crippen LogP contribution in [0.5, 0.6) is 0 Å². The van der Waals surface area contributed by atoms with Crippen molar-refractivity contribution in [2.24, 2.45) is 0 Å². The van der Waals surface area contributed by atoms with Crippen LogP contribution in [0.3, 0.4) is 0 Å². The normalized spacial score (nSPS) is 20.0. The largest absolute Gasteiger partial charge is 0.370 e. The van der Waals surface area contributed by atoms with Crippen molar-refractivity contribution in [3.8, 4) is 0 Å². The first kappa shape index (κ1) is 17.9. The Morgan fingerprint density at radius 3 is 2.63 bits per heavy atom. The lowest BCUT2D eigenvalue weighted by atomic mass is 10.00. The van der Waals surface area contributed by atoms with Crippen molar-refractivity contribution in [3.63, 3.8) is 0 Å². The van der Waals surface area contributed by atoms with Crippen molar-refractivity contribution in [1.82, 2.24) is 15.1 Å². The van der Waals surface area contributed by atoms with Crippen molar-refractivity contribution in [1.29, 1.82) is 0 Å². The van der Waals surface area contributed by atoms with E-state index >= 15 is 0 Å². The van der Waals surface area contributed by atoms with E-state index in [0.29, 0.717) is 23.9 Å². The number of aromatic nitrogens is 2. The van der Waals surface area contributed by atoms with Gasteiger partial charge in [0, 0.05) is 16.4 Å². The molecule has 4 rings (SSSR count). The molecule has 2 aromatic carbocycles. The SMILES string of the molecule is CC1C(c2ccc(Br)cc2)OCCN1C(=O)c1n[nH]c(=O)c2ccccc12. The summed E-state index contributed by atoms with van der Waals surface area (Å²) < 4.78 is 6.94. The van der Waals surface area contributed by atoms with E-state index in [1.807, 2.05) is 31.2 Å². The van der Waals surface area contributed by atoms with Crippen LogP contribution in [0.1, 0.15) is 29.1 Å². The zero-order valence-electron chi connectivity index (χ0n) is 14.7. The molecule has 1 amide bonds. The molecular formula is C20H18BrN3O3. The number of ether oxygens (including phenoxy) is 1. The predicted molar refractivity (Wildman–Crippen MR) is 106 cm³/mol. The molecule has 1 aromatic heterocycles. The molecule has 2 heterocycles. The van der Waals surface area contributed by atoms with Crippen LogP contribution in [0.25, 0.3) is 10.8 Å². The lowest BCUT2D eigenvalue weighted by molar-refractivity contribution is -0.0553. The molecule has 138 valence electrons. The fourth-order valence-electron chi connectivity index (χ4n) is 3.51. The topological polar surface area (TPSA) is 75.3 Å². The Kier molecular flexibility index (Phi) is 4.80. The average Bonchev–Trinajstić information content (AvgIpc) is 2.69. The van der Waals surface area contributed by atoms with E-state index < -0.39 is 0 Å². The van der Waals surface area contributed by atoms with Crippen LogP contribution in [0.15, 0.2) is 57.8 Å². The maximum Gasteiger partial charge on any atom is 0.275 e. The molecule has 1 aliphatic rings. The van der Waals surface area contributed by atoms with Gasteiger partial charge in [-0.25, -0.2) is 5.10 Å². The minimum atomic E-state index is -0.301. The Bertz CT molecular complexity index is 1050. The summed E-state index contributed by atoms with van der Waals surface area (Å²) in [7, 11) is 0. The number of amides is 1. The standard InChI is InChI=1S/C20H18BrN3O3/c1-12-18(13-6-8-14(21)9-7-13)27-11-10-24(12)20(26)17-15-4-2-3-5-16(15)19(25)23-22-17/h2-9,12,18H,10-11H2,1H3,(H,23,25). The van der Waals surface area contributed by atoms with Gasteiger partial charge in [0.05, 0.1) is 18.0 Å². The molecule has 1 saturated heterocycles. The summed E-state index contributed by atoms with van der Waals surface area (Å²) >= 11 is 3.44. The fourth-order valence-corrected chi connectivity index (χ4v) is 3.78. The number of halogens is 1. The molecule has 7 heteroatoms. The number of nitrogens with zero attached hydrogens (tertiary/aromatic N) is 2. The van der Waals surface area contributed by atoms with Crippen molar-refractivity contribution >= 4 is 32.6 Å². The van der Waals surface area contributed by atoms with Gasteiger partial charge in [-0.1, -0.05) is 46.3 Å². The monoisotopic (exact) mass is 427 g/mol. The van der Waals surface area contributed by atoms with Gasteiger partial charge in [0.1, 0.15) is 6.10 Å². The van der Waals surface area contributed by atoms with E-state index in [2.05, 4.69) is 26.1 Å². The lowest BCUT2D eigenvalue weighted by Gasteiger charge is -2.39. The van der Waals surface area contributed by atoms with Crippen molar-refractivity contribution in [2.45, 2.75) is 19.1 Å². The van der Waals surface area contributed by atoms with E-state index in [4.69, 9.17) is 4.74 Å². The minimum Gasteiger partial charge on any atom is -0.370 e. The van der Waals surface area contributed by atoms with Crippen LogP contribution >= 0.6 is 15.9 Å². The molecular weight excluding hydrogens is 410 g/mol. The third kappa shape index (κ3) is 3.28. The number of nitrogens with one attached hydrogen (secondary N) is 1. The van der Waals surface area contributed by atoms with E-state index in [1.165, 1.54) is 0 Å². The second-order valence-corrected chi connectivity index (χ2v) is 7.44. The second kappa shape index (κ2) is 7.25. The number of morpholine rings is 1. The zero-order valence-corrected chi connectivity index (χ0v) is 16.3. The number of hydrogen-bond donors (Lipinski definition) is 1. The van der Waals surface area contributed by atoms with Gasteiger partial charge < -0.3 is 9.64 Å². The minimum absolute atomic E-state index is 0.167. The quantitative estimate of drug-likeness (QED) is 0.680. The highest BCUT2D eigenvalue weighted by Crippen LogP contribution is 2.30. The smallest absolute Gasteiger partial charge is 0.275 e. The third-order valence-corrected chi connectivity index (χ3v) is 5.45. The van der Waals surface area contributed by atoms with Gasteiger partial charge >= 0.3 is 0 Å². The summed E-state index contributed by atoms with van der Waals surface area (Å²) in [5.41, 5.74) is 0.973. The molecule has 0 bridgehead atoms. The fraction of sp³-hybridized carbons (Fsp3) is 0.250. The molecule has 6 nitrogen and oxygen atoms in total. The van der Waals surface area contributed by atoms with Crippen molar-refractivity contribution < 1.29 is 9.53 Å².